The molecule has 0 saturated carbocycles. The van der Waals surface area contributed by atoms with Gasteiger partial charge in [0, 0.05) is 0 Å². The van der Waals surface area contributed by atoms with Gasteiger partial charge in [-0.1, -0.05) is 18.2 Å². The maximum atomic E-state index is 9.95. The van der Waals surface area contributed by atoms with Crippen molar-refractivity contribution in [1.82, 2.24) is 0 Å². The van der Waals surface area contributed by atoms with Crippen molar-refractivity contribution in [1.29, 1.82) is 0 Å². The van der Waals surface area contributed by atoms with Crippen LogP contribution < -0.4 is 4.74 Å². The summed E-state index contributed by atoms with van der Waals surface area (Å²) in [5.41, 5.74) is 0. The number of rotatable bonds is 1. The molecule has 1 N–H and O–H groups in total. The first-order valence-electron chi connectivity index (χ1n) is 2.75. The fourth-order valence-electron chi connectivity index (χ4n) is 0.589. The van der Waals surface area contributed by atoms with Crippen molar-refractivity contribution in [2.45, 2.75) is 0 Å². The third-order valence-corrected chi connectivity index (χ3v) is 0.948. The van der Waals surface area contributed by atoms with Gasteiger partial charge in [-0.05, 0) is 12.1 Å². The van der Waals surface area contributed by atoms with E-state index >= 15 is 0 Å². The Labute approximate surface area is 107 Å². The Balaban J connectivity index is 0.000001000. The number of carbonyl (C=O) groups is 1. The number of para-hydroxylation sites is 1. The SMILES string of the molecule is O=C(O)Oc1ccccc1.[KH]. The van der Waals surface area contributed by atoms with Crippen molar-refractivity contribution in [3.05, 3.63) is 30.3 Å². The second kappa shape index (κ2) is 5.74. The molecule has 0 aliphatic carbocycles. The second-order valence-corrected chi connectivity index (χ2v) is 1.68. The van der Waals surface area contributed by atoms with Gasteiger partial charge in [0.05, 0.1) is 0 Å². The molecule has 54 valence electrons. The quantitative estimate of drug-likeness (QED) is 0.398. The normalized spacial score (nSPS) is 8.00. The fraction of sp³-hybridized carbons (Fsp3) is 0. The van der Waals surface area contributed by atoms with E-state index in [-0.39, 0.29) is 51.4 Å². The molecule has 0 unspecified atom stereocenters. The molecular formula is C7H7KO3. The number of benzene rings is 1. The van der Waals surface area contributed by atoms with Crippen LogP contribution in [-0.4, -0.2) is 62.6 Å². The first-order valence-corrected chi connectivity index (χ1v) is 2.75. The molecule has 3 nitrogen and oxygen atoms in total. The summed E-state index contributed by atoms with van der Waals surface area (Å²) in [6.45, 7) is 0. The van der Waals surface area contributed by atoms with E-state index in [1.165, 1.54) is 0 Å². The van der Waals surface area contributed by atoms with Crippen LogP contribution in [-0.2, 0) is 0 Å². The third kappa shape index (κ3) is 4.55. The van der Waals surface area contributed by atoms with Crippen LogP contribution in [0.15, 0.2) is 30.3 Å². The van der Waals surface area contributed by atoms with E-state index in [0.29, 0.717) is 5.75 Å². The zero-order valence-corrected chi connectivity index (χ0v) is 5.15. The summed E-state index contributed by atoms with van der Waals surface area (Å²) >= 11 is 0. The molecule has 1 rings (SSSR count). The van der Waals surface area contributed by atoms with Crippen LogP contribution >= 0.6 is 0 Å². The Morgan fingerprint density at radius 2 is 1.82 bits per heavy atom. The van der Waals surface area contributed by atoms with Crippen molar-refractivity contribution in [3.63, 3.8) is 0 Å². The molecule has 4 heteroatoms. The van der Waals surface area contributed by atoms with E-state index in [4.69, 9.17) is 5.11 Å². The third-order valence-electron chi connectivity index (χ3n) is 0.948. The molecule has 1 aromatic carbocycles. The minimum atomic E-state index is -1.29. The maximum absolute atomic E-state index is 9.95. The van der Waals surface area contributed by atoms with Crippen LogP contribution in [0.3, 0.4) is 0 Å². The van der Waals surface area contributed by atoms with Gasteiger partial charge in [-0.25, -0.2) is 4.79 Å². The van der Waals surface area contributed by atoms with E-state index in [1.54, 1.807) is 30.3 Å². The first kappa shape index (κ1) is 11.1. The Morgan fingerprint density at radius 1 is 1.27 bits per heavy atom. The average Bonchev–Trinajstić information content (AvgIpc) is 1.88. The van der Waals surface area contributed by atoms with Crippen LogP contribution in [0.4, 0.5) is 4.79 Å². The summed E-state index contributed by atoms with van der Waals surface area (Å²) < 4.78 is 4.33. The van der Waals surface area contributed by atoms with E-state index in [0.717, 1.165) is 0 Å². The Morgan fingerprint density at radius 3 is 2.27 bits per heavy atom. The number of ether oxygens (including phenoxy) is 1. The van der Waals surface area contributed by atoms with Gasteiger partial charge in [-0.2, -0.15) is 0 Å². The van der Waals surface area contributed by atoms with Crippen LogP contribution in [0.25, 0.3) is 0 Å². The first-order chi connectivity index (χ1) is 4.79. The van der Waals surface area contributed by atoms with Crippen LogP contribution in [0, 0.1) is 0 Å². The van der Waals surface area contributed by atoms with Gasteiger partial charge in [0.2, 0.25) is 0 Å². The van der Waals surface area contributed by atoms with Gasteiger partial charge >= 0.3 is 57.5 Å². The summed E-state index contributed by atoms with van der Waals surface area (Å²) in [5, 5.41) is 8.14. The molecule has 0 amide bonds. The molecule has 0 aliphatic heterocycles. The van der Waals surface area contributed by atoms with Crippen molar-refractivity contribution in [2.75, 3.05) is 0 Å². The second-order valence-electron chi connectivity index (χ2n) is 1.68. The van der Waals surface area contributed by atoms with Crippen LogP contribution in [0.1, 0.15) is 0 Å². The summed E-state index contributed by atoms with van der Waals surface area (Å²) in [6.07, 6.45) is -1.29. The van der Waals surface area contributed by atoms with Crippen molar-refractivity contribution >= 4 is 57.5 Å². The van der Waals surface area contributed by atoms with Gasteiger partial charge in [0.15, 0.2) is 0 Å². The molecule has 11 heavy (non-hydrogen) atoms. The van der Waals surface area contributed by atoms with Gasteiger partial charge in [-0.15, -0.1) is 0 Å². The molecule has 0 spiro atoms. The van der Waals surface area contributed by atoms with Crippen molar-refractivity contribution < 1.29 is 14.6 Å². The molecule has 0 atom stereocenters. The molecule has 0 radical (unpaired) electrons. The van der Waals surface area contributed by atoms with Gasteiger partial charge in [0.1, 0.15) is 5.75 Å². The van der Waals surface area contributed by atoms with Gasteiger partial charge in [0.25, 0.3) is 0 Å². The standard InChI is InChI=1S/C7H6O3.K.H/c8-7(9)10-6-4-2-1-3-5-6;;/h1-5H,(H,8,9);;. The van der Waals surface area contributed by atoms with E-state index < -0.39 is 6.16 Å². The minimum absolute atomic E-state index is 0. The summed E-state index contributed by atoms with van der Waals surface area (Å²) in [5.74, 6) is 0.343. The Bertz CT molecular complexity index is 222. The van der Waals surface area contributed by atoms with Gasteiger partial charge in [-0.3, -0.25) is 0 Å². The molecule has 0 saturated heterocycles. The van der Waals surface area contributed by atoms with Crippen molar-refractivity contribution in [2.24, 2.45) is 0 Å². The topological polar surface area (TPSA) is 46.5 Å². The zero-order chi connectivity index (χ0) is 7.40. The number of hydrogen-bond donors (Lipinski definition) is 1. The summed E-state index contributed by atoms with van der Waals surface area (Å²) in [7, 11) is 0. The number of hydrogen-bond acceptors (Lipinski definition) is 2. The fourth-order valence-corrected chi connectivity index (χ4v) is 0.589. The molecule has 1 aromatic rings. The molecule has 0 heterocycles. The number of carboxylic acid groups (broad SMARTS) is 1. The molecule has 0 fully saturated rings. The average molecular weight is 178 g/mol. The molecule has 0 bridgehead atoms. The summed E-state index contributed by atoms with van der Waals surface area (Å²) in [4.78, 5) is 9.95. The Hall–Kier alpha value is 0.126. The molecular weight excluding hydrogens is 171 g/mol. The van der Waals surface area contributed by atoms with E-state index in [2.05, 4.69) is 4.74 Å². The predicted octanol–water partition coefficient (Wildman–Crippen LogP) is 1.09. The predicted molar refractivity (Wildman–Crippen MR) is 42.2 cm³/mol. The van der Waals surface area contributed by atoms with Crippen LogP contribution in [0.2, 0.25) is 0 Å². The van der Waals surface area contributed by atoms with Crippen LogP contribution in [0.5, 0.6) is 5.75 Å². The monoisotopic (exact) mass is 178 g/mol. The van der Waals surface area contributed by atoms with Gasteiger partial charge < -0.3 is 9.84 Å². The van der Waals surface area contributed by atoms with E-state index in [9.17, 15) is 4.79 Å². The zero-order valence-electron chi connectivity index (χ0n) is 5.15. The summed E-state index contributed by atoms with van der Waals surface area (Å²) in [6, 6.07) is 8.35. The molecule has 0 aromatic heterocycles. The van der Waals surface area contributed by atoms with E-state index in [1.807, 2.05) is 0 Å². The molecule has 0 aliphatic rings. The van der Waals surface area contributed by atoms with Crippen molar-refractivity contribution in [3.8, 4) is 5.75 Å². The Kier molecular flexibility index (Phi) is 5.80.